The number of hydrogen-bond donors (Lipinski definition) is 3. The molecule has 2 atom stereocenters. The molecule has 0 aliphatic carbocycles. The number of nitrogens with one attached hydrogen (secondary N) is 1. The molecule has 68 heavy (non-hydrogen) atoms. The van der Waals surface area contributed by atoms with Crippen LogP contribution in [0.4, 0.5) is 0 Å². The Balaban J connectivity index is 3.45. The Morgan fingerprint density at radius 2 is 0.735 bits per heavy atom. The molecule has 0 bridgehead atoms. The number of unbranched alkanes of at least 4 members (excludes halogenated alkanes) is 39. The molecule has 6 nitrogen and oxygen atoms in total. The van der Waals surface area contributed by atoms with E-state index < -0.39 is 12.1 Å². The predicted molar refractivity (Wildman–Crippen MR) is 296 cm³/mol. The standard InChI is InChI=1S/C62H117NO5/c1-3-5-7-9-11-13-15-17-19-28-32-36-40-44-48-52-56-62(67)68-57-53-49-45-41-37-33-29-26-24-22-20-21-23-25-27-31-35-39-43-47-51-55-61(66)63-59(58-64)60(65)54-50-46-42-38-34-30-18-16-14-12-10-8-6-4-2/h19,28,33,37,45,49,59-60,64-65H,3-18,20-27,29-32,34-36,38-44,46-48,50-58H2,1-2H3,(H,63,66)/b28-19-,37-33-,49-45-. The average Bonchev–Trinajstić information content (AvgIpc) is 3.34. The number of carbonyl (C=O) groups is 2. The van der Waals surface area contributed by atoms with Gasteiger partial charge in [0.15, 0.2) is 0 Å². The molecule has 0 aromatic carbocycles. The van der Waals surface area contributed by atoms with Crippen LogP contribution in [0.1, 0.15) is 322 Å². The zero-order valence-electron chi connectivity index (χ0n) is 45.6. The zero-order chi connectivity index (χ0) is 49.3. The first-order valence-corrected chi connectivity index (χ1v) is 30.2. The summed E-state index contributed by atoms with van der Waals surface area (Å²) in [4.78, 5) is 24.5. The Kier molecular flexibility index (Phi) is 56.0. The van der Waals surface area contributed by atoms with Gasteiger partial charge in [0.2, 0.25) is 5.91 Å². The minimum absolute atomic E-state index is 0.0391. The van der Waals surface area contributed by atoms with Gasteiger partial charge in [0, 0.05) is 12.8 Å². The van der Waals surface area contributed by atoms with E-state index in [9.17, 15) is 19.8 Å². The van der Waals surface area contributed by atoms with E-state index in [0.29, 0.717) is 25.9 Å². The van der Waals surface area contributed by atoms with Gasteiger partial charge in [-0.15, -0.1) is 0 Å². The maximum Gasteiger partial charge on any atom is 0.305 e. The van der Waals surface area contributed by atoms with Crippen LogP contribution in [-0.2, 0) is 14.3 Å². The monoisotopic (exact) mass is 956 g/mol. The first-order chi connectivity index (χ1) is 33.5. The summed E-state index contributed by atoms with van der Waals surface area (Å²) in [6, 6.07) is -0.545. The number of ether oxygens (including phenoxy) is 1. The molecule has 0 saturated heterocycles. The van der Waals surface area contributed by atoms with E-state index in [1.165, 1.54) is 238 Å². The lowest BCUT2D eigenvalue weighted by Gasteiger charge is -2.22. The molecule has 2 unspecified atom stereocenters. The number of amides is 1. The topological polar surface area (TPSA) is 95.9 Å². The number of esters is 1. The van der Waals surface area contributed by atoms with Crippen molar-refractivity contribution in [3.8, 4) is 0 Å². The number of carbonyl (C=O) groups excluding carboxylic acids is 2. The quantitative estimate of drug-likeness (QED) is 0.0321. The summed E-state index contributed by atoms with van der Waals surface area (Å²) in [6.07, 6.45) is 71.6. The minimum atomic E-state index is -0.668. The van der Waals surface area contributed by atoms with Gasteiger partial charge in [-0.05, 0) is 70.6 Å². The minimum Gasteiger partial charge on any atom is -0.465 e. The van der Waals surface area contributed by atoms with Crippen LogP contribution in [0.2, 0.25) is 0 Å². The summed E-state index contributed by atoms with van der Waals surface area (Å²) < 4.78 is 5.42. The molecular weight excluding hydrogens is 839 g/mol. The van der Waals surface area contributed by atoms with Crippen LogP contribution in [-0.4, -0.2) is 47.4 Å². The molecule has 1 amide bonds. The molecule has 0 rings (SSSR count). The Morgan fingerprint density at radius 3 is 1.13 bits per heavy atom. The highest BCUT2D eigenvalue weighted by Gasteiger charge is 2.20. The zero-order valence-corrected chi connectivity index (χ0v) is 45.6. The third kappa shape index (κ3) is 53.4. The lowest BCUT2D eigenvalue weighted by atomic mass is 10.0. The van der Waals surface area contributed by atoms with Crippen molar-refractivity contribution in [2.45, 2.75) is 334 Å². The van der Waals surface area contributed by atoms with Crippen molar-refractivity contribution in [2.24, 2.45) is 0 Å². The summed E-state index contributed by atoms with van der Waals surface area (Å²) in [7, 11) is 0. The molecule has 0 heterocycles. The third-order valence-corrected chi connectivity index (χ3v) is 13.9. The van der Waals surface area contributed by atoms with Crippen molar-refractivity contribution >= 4 is 11.9 Å². The van der Waals surface area contributed by atoms with Crippen LogP contribution in [0.5, 0.6) is 0 Å². The molecule has 0 fully saturated rings. The summed E-state index contributed by atoms with van der Waals surface area (Å²) in [5, 5.41) is 23.3. The Morgan fingerprint density at radius 1 is 0.412 bits per heavy atom. The normalized spacial score (nSPS) is 12.8. The molecule has 0 aliphatic rings. The fourth-order valence-corrected chi connectivity index (χ4v) is 9.30. The van der Waals surface area contributed by atoms with Crippen LogP contribution in [0.3, 0.4) is 0 Å². The van der Waals surface area contributed by atoms with Gasteiger partial charge in [-0.1, -0.05) is 275 Å². The molecule has 0 aliphatic heterocycles. The van der Waals surface area contributed by atoms with Gasteiger partial charge in [-0.3, -0.25) is 9.59 Å². The van der Waals surface area contributed by atoms with Gasteiger partial charge in [-0.25, -0.2) is 0 Å². The maximum atomic E-state index is 12.5. The van der Waals surface area contributed by atoms with Crippen molar-refractivity contribution in [3.05, 3.63) is 36.5 Å². The molecule has 3 N–H and O–H groups in total. The van der Waals surface area contributed by atoms with Gasteiger partial charge < -0.3 is 20.3 Å². The van der Waals surface area contributed by atoms with Gasteiger partial charge in [0.1, 0.15) is 0 Å². The molecule has 0 saturated carbocycles. The number of rotatable bonds is 56. The van der Waals surface area contributed by atoms with E-state index in [0.717, 1.165) is 51.4 Å². The number of hydrogen-bond acceptors (Lipinski definition) is 5. The molecule has 0 spiro atoms. The van der Waals surface area contributed by atoms with Gasteiger partial charge in [0.05, 0.1) is 25.4 Å². The van der Waals surface area contributed by atoms with Gasteiger partial charge in [0.25, 0.3) is 0 Å². The van der Waals surface area contributed by atoms with Crippen LogP contribution < -0.4 is 5.32 Å². The Labute approximate surface area is 424 Å². The lowest BCUT2D eigenvalue weighted by molar-refractivity contribution is -0.143. The van der Waals surface area contributed by atoms with E-state index >= 15 is 0 Å². The number of aliphatic hydroxyl groups excluding tert-OH is 2. The van der Waals surface area contributed by atoms with E-state index in [4.69, 9.17) is 4.74 Å². The van der Waals surface area contributed by atoms with Crippen molar-refractivity contribution in [1.82, 2.24) is 5.32 Å². The SMILES string of the molecule is CCCCCCCCC/C=C\CCCCCCCC(=O)OCC/C=C\C/C=C\CCCCCCCCCCCCCCCCC(=O)NC(CO)C(O)CCCCCCCCCCCCCCCC. The summed E-state index contributed by atoms with van der Waals surface area (Å²) in [6.45, 7) is 4.85. The molecule has 0 aromatic heterocycles. The smallest absolute Gasteiger partial charge is 0.305 e. The van der Waals surface area contributed by atoms with E-state index in [2.05, 4.69) is 55.6 Å². The average molecular weight is 957 g/mol. The van der Waals surface area contributed by atoms with E-state index in [1.54, 1.807) is 0 Å². The largest absolute Gasteiger partial charge is 0.465 e. The highest BCUT2D eigenvalue weighted by atomic mass is 16.5. The second kappa shape index (κ2) is 57.7. The van der Waals surface area contributed by atoms with Crippen LogP contribution in [0.15, 0.2) is 36.5 Å². The maximum absolute atomic E-state index is 12.5. The lowest BCUT2D eigenvalue weighted by Crippen LogP contribution is -2.45. The Bertz CT molecular complexity index is 1100. The highest BCUT2D eigenvalue weighted by Crippen LogP contribution is 2.17. The summed E-state index contributed by atoms with van der Waals surface area (Å²) >= 11 is 0. The third-order valence-electron chi connectivity index (χ3n) is 13.9. The Hall–Kier alpha value is -1.92. The van der Waals surface area contributed by atoms with Gasteiger partial charge in [-0.2, -0.15) is 0 Å². The van der Waals surface area contributed by atoms with Crippen LogP contribution in [0.25, 0.3) is 0 Å². The van der Waals surface area contributed by atoms with Crippen molar-refractivity contribution in [3.63, 3.8) is 0 Å². The fraction of sp³-hybridized carbons (Fsp3) is 0.871. The van der Waals surface area contributed by atoms with Crippen LogP contribution >= 0.6 is 0 Å². The first-order valence-electron chi connectivity index (χ1n) is 30.2. The summed E-state index contributed by atoms with van der Waals surface area (Å²) in [5.74, 6) is -0.0816. The first kappa shape index (κ1) is 66.1. The molecular formula is C62H117NO5. The predicted octanol–water partition coefficient (Wildman–Crippen LogP) is 18.8. The van der Waals surface area contributed by atoms with E-state index in [1.807, 2.05) is 0 Å². The molecule has 6 heteroatoms. The second-order valence-electron chi connectivity index (χ2n) is 20.7. The fourth-order valence-electron chi connectivity index (χ4n) is 9.30. The summed E-state index contributed by atoms with van der Waals surface area (Å²) in [5.41, 5.74) is 0. The van der Waals surface area contributed by atoms with Gasteiger partial charge >= 0.3 is 5.97 Å². The number of allylic oxidation sites excluding steroid dienone is 5. The van der Waals surface area contributed by atoms with Crippen molar-refractivity contribution in [1.29, 1.82) is 0 Å². The number of aliphatic hydroxyl groups is 2. The van der Waals surface area contributed by atoms with Crippen molar-refractivity contribution < 1.29 is 24.5 Å². The molecule has 0 aromatic rings. The molecule has 400 valence electrons. The highest BCUT2D eigenvalue weighted by molar-refractivity contribution is 5.76. The van der Waals surface area contributed by atoms with Crippen LogP contribution in [0, 0.1) is 0 Å². The van der Waals surface area contributed by atoms with Crippen molar-refractivity contribution in [2.75, 3.05) is 13.2 Å². The molecule has 0 radical (unpaired) electrons. The van der Waals surface area contributed by atoms with E-state index in [-0.39, 0.29) is 18.5 Å². The second-order valence-corrected chi connectivity index (χ2v) is 20.7.